The number of carboxylic acid groups (broad SMARTS) is 1. The maximum atomic E-state index is 13.8. The third-order valence-corrected chi connectivity index (χ3v) is 3.32. The van der Waals surface area contributed by atoms with Gasteiger partial charge in [-0.05, 0) is 34.1 Å². The number of carbonyl (C=O) groups is 1. The zero-order valence-corrected chi connectivity index (χ0v) is 11.5. The molecule has 20 heavy (non-hydrogen) atoms. The molecule has 0 unspecified atom stereocenters. The first-order valence-electron chi connectivity index (χ1n) is 5.46. The molecule has 0 atom stereocenters. The van der Waals surface area contributed by atoms with E-state index in [0.29, 0.717) is 0 Å². The van der Waals surface area contributed by atoms with Crippen LogP contribution in [0.2, 0.25) is 0 Å². The molecule has 0 radical (unpaired) electrons. The Balaban J connectivity index is 2.43. The molecule has 0 spiro atoms. The summed E-state index contributed by atoms with van der Waals surface area (Å²) in [6.07, 6.45) is 1.19. The quantitative estimate of drug-likeness (QED) is 0.871. The number of benzene rings is 1. The highest BCUT2D eigenvalue weighted by Gasteiger charge is 2.14. The summed E-state index contributed by atoms with van der Waals surface area (Å²) in [5.41, 5.74) is -1.10. The van der Waals surface area contributed by atoms with E-state index < -0.39 is 23.2 Å². The SMILES string of the molecule is O=C(O)c1ccn(Cc2c(F)ccc(Br)c2F)c(=O)c1. The van der Waals surface area contributed by atoms with E-state index in [0.717, 1.165) is 16.7 Å². The molecule has 104 valence electrons. The second kappa shape index (κ2) is 5.54. The fourth-order valence-corrected chi connectivity index (χ4v) is 2.03. The predicted octanol–water partition coefficient (Wildman–Crippen LogP) is 2.64. The summed E-state index contributed by atoms with van der Waals surface area (Å²) in [7, 11) is 0. The van der Waals surface area contributed by atoms with Gasteiger partial charge in [0.2, 0.25) is 0 Å². The van der Waals surface area contributed by atoms with Gasteiger partial charge in [0.25, 0.3) is 5.56 Å². The molecule has 4 nitrogen and oxygen atoms in total. The molecular formula is C13H8BrF2NO3. The van der Waals surface area contributed by atoms with Crippen LogP contribution in [-0.4, -0.2) is 15.6 Å². The molecule has 1 heterocycles. The lowest BCUT2D eigenvalue weighted by Gasteiger charge is -2.09. The number of aromatic carboxylic acids is 1. The van der Waals surface area contributed by atoms with Crippen molar-refractivity contribution in [2.24, 2.45) is 0 Å². The van der Waals surface area contributed by atoms with E-state index in [9.17, 15) is 18.4 Å². The van der Waals surface area contributed by atoms with E-state index in [1.807, 2.05) is 0 Å². The minimum absolute atomic E-state index is 0.0871. The van der Waals surface area contributed by atoms with Crippen LogP contribution in [0.15, 0.2) is 39.7 Å². The summed E-state index contributed by atoms with van der Waals surface area (Å²) in [5.74, 6) is -2.81. The number of aromatic nitrogens is 1. The molecule has 7 heteroatoms. The lowest BCUT2D eigenvalue weighted by molar-refractivity contribution is 0.0696. The highest BCUT2D eigenvalue weighted by molar-refractivity contribution is 9.10. The second-order valence-electron chi connectivity index (χ2n) is 4.01. The molecule has 0 aliphatic carbocycles. The molecule has 0 saturated heterocycles. The topological polar surface area (TPSA) is 59.3 Å². The Kier molecular flexibility index (Phi) is 3.99. The summed E-state index contributed by atoms with van der Waals surface area (Å²) < 4.78 is 28.5. The van der Waals surface area contributed by atoms with Gasteiger partial charge in [-0.15, -0.1) is 0 Å². The van der Waals surface area contributed by atoms with Gasteiger partial charge in [-0.3, -0.25) is 4.79 Å². The van der Waals surface area contributed by atoms with Crippen LogP contribution >= 0.6 is 15.9 Å². The normalized spacial score (nSPS) is 10.6. The number of nitrogens with zero attached hydrogens (tertiary/aromatic N) is 1. The van der Waals surface area contributed by atoms with Crippen LogP contribution in [0.1, 0.15) is 15.9 Å². The predicted molar refractivity (Wildman–Crippen MR) is 70.8 cm³/mol. The third kappa shape index (κ3) is 2.77. The molecule has 0 bridgehead atoms. The van der Waals surface area contributed by atoms with Gasteiger partial charge < -0.3 is 9.67 Å². The van der Waals surface area contributed by atoms with Crippen LogP contribution in [0.4, 0.5) is 8.78 Å². The van der Waals surface area contributed by atoms with Crippen molar-refractivity contribution in [3.05, 3.63) is 68.1 Å². The number of carboxylic acids is 1. The van der Waals surface area contributed by atoms with Gasteiger partial charge in [-0.1, -0.05) is 0 Å². The first-order chi connectivity index (χ1) is 9.40. The molecule has 1 aromatic carbocycles. The summed E-state index contributed by atoms with van der Waals surface area (Å²) >= 11 is 2.94. The number of hydrogen-bond acceptors (Lipinski definition) is 2. The summed E-state index contributed by atoms with van der Waals surface area (Å²) in [5, 5.41) is 8.74. The van der Waals surface area contributed by atoms with Gasteiger partial charge >= 0.3 is 5.97 Å². The van der Waals surface area contributed by atoms with E-state index in [1.54, 1.807) is 0 Å². The standard InChI is InChI=1S/C13H8BrF2NO3/c14-9-1-2-10(15)8(12(9)16)6-17-4-3-7(13(19)20)5-11(17)18/h1-5H,6H2,(H,19,20). The number of rotatable bonds is 3. The van der Waals surface area contributed by atoms with E-state index in [4.69, 9.17) is 5.11 Å². The zero-order valence-electron chi connectivity index (χ0n) is 9.94. The molecule has 1 N–H and O–H groups in total. The van der Waals surface area contributed by atoms with Crippen molar-refractivity contribution in [2.45, 2.75) is 6.54 Å². The van der Waals surface area contributed by atoms with E-state index >= 15 is 0 Å². The Hall–Kier alpha value is -2.02. The average Bonchev–Trinajstić information content (AvgIpc) is 2.40. The van der Waals surface area contributed by atoms with E-state index in [1.165, 1.54) is 18.3 Å². The highest BCUT2D eigenvalue weighted by Crippen LogP contribution is 2.22. The minimum Gasteiger partial charge on any atom is -0.478 e. The van der Waals surface area contributed by atoms with Crippen molar-refractivity contribution in [1.82, 2.24) is 4.57 Å². The van der Waals surface area contributed by atoms with Crippen LogP contribution in [0, 0.1) is 11.6 Å². The fraction of sp³-hybridized carbons (Fsp3) is 0.0769. The molecule has 1 aromatic heterocycles. The lowest BCUT2D eigenvalue weighted by Crippen LogP contribution is -2.22. The fourth-order valence-electron chi connectivity index (χ4n) is 1.66. The number of halogens is 3. The van der Waals surface area contributed by atoms with Gasteiger partial charge in [-0.2, -0.15) is 0 Å². The van der Waals surface area contributed by atoms with Crippen molar-refractivity contribution in [1.29, 1.82) is 0 Å². The van der Waals surface area contributed by atoms with Gasteiger partial charge in [0.15, 0.2) is 0 Å². The Labute approximate surface area is 120 Å². The summed E-state index contributed by atoms with van der Waals surface area (Å²) in [6.45, 7) is -0.324. The summed E-state index contributed by atoms with van der Waals surface area (Å²) in [6, 6.07) is 4.40. The molecule has 2 rings (SSSR count). The van der Waals surface area contributed by atoms with Gasteiger partial charge in [-0.25, -0.2) is 13.6 Å². The van der Waals surface area contributed by atoms with Crippen molar-refractivity contribution in [3.63, 3.8) is 0 Å². The van der Waals surface area contributed by atoms with E-state index in [2.05, 4.69) is 15.9 Å². The van der Waals surface area contributed by atoms with Crippen LogP contribution in [0.3, 0.4) is 0 Å². The molecule has 0 saturated carbocycles. The first-order valence-corrected chi connectivity index (χ1v) is 6.25. The van der Waals surface area contributed by atoms with Crippen LogP contribution in [0.5, 0.6) is 0 Å². The second-order valence-corrected chi connectivity index (χ2v) is 4.86. The summed E-state index contributed by atoms with van der Waals surface area (Å²) in [4.78, 5) is 22.4. The largest absolute Gasteiger partial charge is 0.478 e. The Morgan fingerprint density at radius 3 is 2.60 bits per heavy atom. The maximum absolute atomic E-state index is 13.8. The molecule has 0 fully saturated rings. The van der Waals surface area contributed by atoms with Crippen molar-refractivity contribution in [2.75, 3.05) is 0 Å². The molecular weight excluding hydrogens is 336 g/mol. The van der Waals surface area contributed by atoms with Crippen molar-refractivity contribution < 1.29 is 18.7 Å². The molecule has 0 aliphatic rings. The number of hydrogen-bond donors (Lipinski definition) is 1. The molecule has 0 amide bonds. The van der Waals surface area contributed by atoms with Crippen molar-refractivity contribution in [3.8, 4) is 0 Å². The van der Waals surface area contributed by atoms with Gasteiger partial charge in [0.1, 0.15) is 11.6 Å². The third-order valence-electron chi connectivity index (χ3n) is 2.71. The van der Waals surface area contributed by atoms with Gasteiger partial charge in [0.05, 0.1) is 16.6 Å². The lowest BCUT2D eigenvalue weighted by atomic mass is 10.2. The minimum atomic E-state index is -1.24. The van der Waals surface area contributed by atoms with Crippen LogP contribution in [0.25, 0.3) is 0 Å². The highest BCUT2D eigenvalue weighted by atomic mass is 79.9. The van der Waals surface area contributed by atoms with Crippen LogP contribution in [-0.2, 0) is 6.54 Å². The molecule has 0 aliphatic heterocycles. The Morgan fingerprint density at radius 2 is 2.00 bits per heavy atom. The monoisotopic (exact) mass is 343 g/mol. The Bertz CT molecular complexity index is 743. The maximum Gasteiger partial charge on any atom is 0.335 e. The average molecular weight is 344 g/mol. The van der Waals surface area contributed by atoms with E-state index in [-0.39, 0.29) is 22.1 Å². The first kappa shape index (κ1) is 14.4. The number of pyridine rings is 1. The smallest absolute Gasteiger partial charge is 0.335 e. The molecule has 2 aromatic rings. The van der Waals surface area contributed by atoms with Crippen LogP contribution < -0.4 is 5.56 Å². The zero-order chi connectivity index (χ0) is 14.9. The Morgan fingerprint density at radius 1 is 1.30 bits per heavy atom. The van der Waals surface area contributed by atoms with Crippen molar-refractivity contribution >= 4 is 21.9 Å². The van der Waals surface area contributed by atoms with Gasteiger partial charge in [0, 0.05) is 17.8 Å².